The van der Waals surface area contributed by atoms with Crippen molar-refractivity contribution in [3.63, 3.8) is 0 Å². The first-order valence-corrected chi connectivity index (χ1v) is 10.4. The molecule has 0 aliphatic heterocycles. The van der Waals surface area contributed by atoms with E-state index in [0.717, 1.165) is 39.9 Å². The average Bonchev–Trinajstić information content (AvgIpc) is 3.29. The van der Waals surface area contributed by atoms with Gasteiger partial charge in [0.2, 0.25) is 5.91 Å². The fraction of sp³-hybridized carbons (Fsp3) is 0.238. The van der Waals surface area contributed by atoms with Crippen LogP contribution in [0.3, 0.4) is 0 Å². The van der Waals surface area contributed by atoms with Crippen LogP contribution in [0.1, 0.15) is 18.3 Å². The van der Waals surface area contributed by atoms with Crippen LogP contribution in [0.4, 0.5) is 0 Å². The highest BCUT2D eigenvalue weighted by atomic mass is 32.2. The van der Waals surface area contributed by atoms with Gasteiger partial charge in [-0.1, -0.05) is 30.3 Å². The summed E-state index contributed by atoms with van der Waals surface area (Å²) in [6, 6.07) is 17.9. The molecule has 2 aromatic carbocycles. The number of hydrogen-bond acceptors (Lipinski definition) is 3. The van der Waals surface area contributed by atoms with E-state index in [-0.39, 0.29) is 11.9 Å². The van der Waals surface area contributed by atoms with Crippen molar-refractivity contribution in [3.8, 4) is 0 Å². The van der Waals surface area contributed by atoms with Gasteiger partial charge in [0.05, 0.1) is 17.1 Å². The maximum atomic E-state index is 12.7. The quantitative estimate of drug-likeness (QED) is 0.508. The normalized spacial score (nSPS) is 12.5. The number of rotatable bonds is 7. The minimum absolute atomic E-state index is 0.0112. The maximum Gasteiger partial charge on any atom is 0.240 e. The zero-order valence-electron chi connectivity index (χ0n) is 15.2. The Labute approximate surface area is 162 Å². The van der Waals surface area contributed by atoms with E-state index in [1.54, 1.807) is 11.8 Å². The summed E-state index contributed by atoms with van der Waals surface area (Å²) >= 11 is 1.77. The number of H-pyrrole nitrogens is 1. The zero-order chi connectivity index (χ0) is 18.6. The number of carbonyl (C=O) groups excluding carboxylic acids is 1. The van der Waals surface area contributed by atoms with E-state index in [2.05, 4.69) is 27.6 Å². The van der Waals surface area contributed by atoms with Crippen LogP contribution in [-0.2, 0) is 11.3 Å². The molecule has 2 aromatic heterocycles. The number of amides is 1. The molecule has 27 heavy (non-hydrogen) atoms. The SMILES string of the molecule is CSCCC(NC(=O)Cn1ccc2ccccc21)c1nc2ccccc2[nH]1. The zero-order valence-corrected chi connectivity index (χ0v) is 16.0. The number of imidazole rings is 1. The Morgan fingerprint density at radius 2 is 2.00 bits per heavy atom. The van der Waals surface area contributed by atoms with Crippen molar-refractivity contribution in [2.75, 3.05) is 12.0 Å². The number of carbonyl (C=O) groups is 1. The van der Waals surface area contributed by atoms with Crippen LogP contribution < -0.4 is 5.32 Å². The first kappa shape index (κ1) is 17.7. The molecule has 138 valence electrons. The van der Waals surface area contributed by atoms with Gasteiger partial charge in [-0.05, 0) is 48.1 Å². The molecule has 1 atom stereocenters. The number of para-hydroxylation sites is 3. The number of aromatic nitrogens is 3. The fourth-order valence-electron chi connectivity index (χ4n) is 3.32. The molecule has 4 aromatic rings. The molecule has 5 nitrogen and oxygen atoms in total. The highest BCUT2D eigenvalue weighted by molar-refractivity contribution is 7.98. The van der Waals surface area contributed by atoms with Crippen molar-refractivity contribution in [1.82, 2.24) is 19.9 Å². The van der Waals surface area contributed by atoms with Gasteiger partial charge >= 0.3 is 0 Å². The molecule has 0 fully saturated rings. The van der Waals surface area contributed by atoms with Crippen LogP contribution in [0.15, 0.2) is 60.8 Å². The molecule has 0 aliphatic carbocycles. The Kier molecular flexibility index (Phi) is 5.16. The Hall–Kier alpha value is -2.73. The van der Waals surface area contributed by atoms with E-state index >= 15 is 0 Å². The van der Waals surface area contributed by atoms with Gasteiger partial charge in [0.1, 0.15) is 12.4 Å². The minimum Gasteiger partial charge on any atom is -0.345 e. The molecule has 2 heterocycles. The third-order valence-electron chi connectivity index (χ3n) is 4.68. The summed E-state index contributed by atoms with van der Waals surface area (Å²) < 4.78 is 1.98. The van der Waals surface area contributed by atoms with Crippen molar-refractivity contribution in [2.45, 2.75) is 19.0 Å². The smallest absolute Gasteiger partial charge is 0.240 e. The van der Waals surface area contributed by atoms with Crippen molar-refractivity contribution < 1.29 is 4.79 Å². The summed E-state index contributed by atoms with van der Waals surface area (Å²) in [4.78, 5) is 20.8. The summed E-state index contributed by atoms with van der Waals surface area (Å²) in [6.07, 6.45) is 4.87. The molecule has 0 spiro atoms. The predicted molar refractivity (Wildman–Crippen MR) is 112 cm³/mol. The second kappa shape index (κ2) is 7.88. The number of benzene rings is 2. The number of thioether (sulfide) groups is 1. The van der Waals surface area contributed by atoms with Crippen molar-refractivity contribution in [2.24, 2.45) is 0 Å². The molecule has 4 rings (SSSR count). The van der Waals surface area contributed by atoms with Gasteiger partial charge in [-0.2, -0.15) is 11.8 Å². The Morgan fingerprint density at radius 3 is 2.85 bits per heavy atom. The number of nitrogens with zero attached hydrogens (tertiary/aromatic N) is 2. The second-order valence-electron chi connectivity index (χ2n) is 6.54. The molecule has 0 saturated heterocycles. The van der Waals surface area contributed by atoms with E-state index in [0.29, 0.717) is 6.54 Å². The molecular formula is C21H22N4OS. The number of nitrogens with one attached hydrogen (secondary N) is 2. The topological polar surface area (TPSA) is 62.7 Å². The van der Waals surface area contributed by atoms with Crippen LogP contribution in [0.2, 0.25) is 0 Å². The lowest BCUT2D eigenvalue weighted by Gasteiger charge is -2.17. The van der Waals surface area contributed by atoms with Crippen molar-refractivity contribution >= 4 is 39.6 Å². The number of hydrogen-bond donors (Lipinski definition) is 2. The van der Waals surface area contributed by atoms with Gasteiger partial charge in [0.15, 0.2) is 0 Å². The number of fused-ring (bicyclic) bond motifs is 2. The van der Waals surface area contributed by atoms with E-state index in [9.17, 15) is 4.79 Å². The molecule has 6 heteroatoms. The first-order valence-electron chi connectivity index (χ1n) is 9.01. The van der Waals surface area contributed by atoms with E-state index in [4.69, 9.17) is 0 Å². The third-order valence-corrected chi connectivity index (χ3v) is 5.32. The third kappa shape index (κ3) is 3.85. The highest BCUT2D eigenvalue weighted by Crippen LogP contribution is 2.20. The highest BCUT2D eigenvalue weighted by Gasteiger charge is 2.18. The molecule has 1 unspecified atom stereocenters. The number of aromatic amines is 1. The van der Waals surface area contributed by atoms with Gasteiger partial charge in [-0.15, -0.1) is 0 Å². The van der Waals surface area contributed by atoms with Gasteiger partial charge in [0.25, 0.3) is 0 Å². The van der Waals surface area contributed by atoms with Crippen molar-refractivity contribution in [1.29, 1.82) is 0 Å². The summed E-state index contributed by atoms with van der Waals surface area (Å²) in [5.74, 6) is 1.76. The summed E-state index contributed by atoms with van der Waals surface area (Å²) in [7, 11) is 0. The largest absolute Gasteiger partial charge is 0.345 e. The molecule has 0 saturated carbocycles. The summed E-state index contributed by atoms with van der Waals surface area (Å²) in [6.45, 7) is 0.295. The Balaban J connectivity index is 1.53. The lowest BCUT2D eigenvalue weighted by molar-refractivity contribution is -0.122. The van der Waals surface area contributed by atoms with E-state index in [1.807, 2.05) is 59.3 Å². The molecule has 2 N–H and O–H groups in total. The lowest BCUT2D eigenvalue weighted by atomic mass is 10.2. The fourth-order valence-corrected chi connectivity index (χ4v) is 3.80. The van der Waals surface area contributed by atoms with Gasteiger partial charge in [0, 0.05) is 11.7 Å². The Morgan fingerprint density at radius 1 is 1.19 bits per heavy atom. The van der Waals surface area contributed by atoms with Gasteiger partial charge in [-0.25, -0.2) is 4.98 Å². The maximum absolute atomic E-state index is 12.7. The van der Waals surface area contributed by atoms with Crippen LogP contribution >= 0.6 is 11.8 Å². The minimum atomic E-state index is -0.126. The van der Waals surface area contributed by atoms with E-state index < -0.39 is 0 Å². The summed E-state index contributed by atoms with van der Waals surface area (Å²) in [5.41, 5.74) is 2.98. The summed E-state index contributed by atoms with van der Waals surface area (Å²) in [5, 5.41) is 4.31. The second-order valence-corrected chi connectivity index (χ2v) is 7.53. The monoisotopic (exact) mass is 378 g/mol. The predicted octanol–water partition coefficient (Wildman–Crippen LogP) is 4.13. The van der Waals surface area contributed by atoms with Crippen LogP contribution in [0.25, 0.3) is 21.9 Å². The van der Waals surface area contributed by atoms with Gasteiger partial charge < -0.3 is 14.9 Å². The molecule has 0 radical (unpaired) electrons. The van der Waals surface area contributed by atoms with Crippen LogP contribution in [-0.4, -0.2) is 32.5 Å². The van der Waals surface area contributed by atoms with Crippen LogP contribution in [0.5, 0.6) is 0 Å². The average molecular weight is 379 g/mol. The van der Waals surface area contributed by atoms with Gasteiger partial charge in [-0.3, -0.25) is 4.79 Å². The Bertz CT molecular complexity index is 1040. The molecule has 0 bridgehead atoms. The first-order chi connectivity index (χ1) is 13.2. The standard InChI is InChI=1S/C21H22N4OS/c1-27-13-11-18(21-23-16-7-3-4-8-17(16)24-21)22-20(26)14-25-12-10-15-6-2-5-9-19(15)25/h2-10,12,18H,11,13-14H2,1H3,(H,22,26)(H,23,24). The molecule has 1 amide bonds. The molecule has 0 aliphatic rings. The lowest BCUT2D eigenvalue weighted by Crippen LogP contribution is -2.32. The molecular weight excluding hydrogens is 356 g/mol. The van der Waals surface area contributed by atoms with E-state index in [1.165, 1.54) is 0 Å². The van der Waals surface area contributed by atoms with Crippen molar-refractivity contribution in [3.05, 3.63) is 66.6 Å². The van der Waals surface area contributed by atoms with Crippen LogP contribution in [0, 0.1) is 0 Å².